The fourth-order valence-corrected chi connectivity index (χ4v) is 16.4. The van der Waals surface area contributed by atoms with Crippen LogP contribution in [-0.2, 0) is 81.7 Å². The van der Waals surface area contributed by atoms with E-state index < -0.39 is 51.4 Å². The molecule has 6 heterocycles. The van der Waals surface area contributed by atoms with Gasteiger partial charge in [-0.05, 0) is 250 Å². The minimum absolute atomic E-state index is 0.0914. The first-order valence-corrected chi connectivity index (χ1v) is 36.0. The summed E-state index contributed by atoms with van der Waals surface area (Å²) in [7, 11) is 0. The van der Waals surface area contributed by atoms with Crippen LogP contribution in [0.15, 0.2) is 72.8 Å². The molecule has 16 nitrogen and oxygen atoms in total. The lowest BCUT2D eigenvalue weighted by Gasteiger charge is -2.28. The first kappa shape index (κ1) is 72.0. The Morgan fingerprint density at radius 2 is 0.628 bits per heavy atom. The van der Waals surface area contributed by atoms with E-state index in [1.807, 2.05) is 125 Å². The van der Waals surface area contributed by atoms with E-state index in [4.69, 9.17) is 28.4 Å². The standard InChI is InChI=1S/C75H102N4O12S3/c1-70(2,3)86-64(80)58(52-25-28-77(43-52)67(83)89-73(10,11)12)37-55-34-49-22-19-46(31-61(49)92-55)40-76(41-47-20-23-50-35-56(93-62(50)32-47)38-59(65(81)87-71(4,5)6)53-26-29-78(44-53)68(84)90-74(13,14)15)42-48-21-24-51-36-57(94-63(51)33-48)39-60(66(82)88-72(7,8)9)54-27-30-79(45-54)69(85)91-75(16,17)18/h19-24,31-36,52-54,58-60H,25-30,37-45H2,1-18H3/t52-,53-,54-,58-,59-,60-/m0/s1. The second-order valence-corrected chi connectivity index (χ2v) is 35.9. The Morgan fingerprint density at radius 3 is 0.862 bits per heavy atom. The van der Waals surface area contributed by atoms with E-state index in [-0.39, 0.29) is 53.9 Å². The number of esters is 3. The number of likely N-dealkylation sites (tertiary alicyclic amines) is 3. The van der Waals surface area contributed by atoms with Gasteiger partial charge in [0.15, 0.2) is 0 Å². The maximum atomic E-state index is 14.1. The zero-order chi connectivity index (χ0) is 68.6. The van der Waals surface area contributed by atoms with Crippen LogP contribution in [0.2, 0.25) is 0 Å². The summed E-state index contributed by atoms with van der Waals surface area (Å²) in [5.74, 6) is -2.39. The summed E-state index contributed by atoms with van der Waals surface area (Å²) < 4.78 is 38.8. The molecule has 19 heteroatoms. The van der Waals surface area contributed by atoms with Gasteiger partial charge in [0.1, 0.15) is 33.6 Å². The quantitative estimate of drug-likeness (QED) is 0.0589. The number of thiophene rings is 3. The highest BCUT2D eigenvalue weighted by atomic mass is 32.1. The minimum atomic E-state index is -0.674. The smallest absolute Gasteiger partial charge is 0.410 e. The van der Waals surface area contributed by atoms with Crippen LogP contribution in [0, 0.1) is 35.5 Å². The summed E-state index contributed by atoms with van der Waals surface area (Å²) in [6, 6.07) is 26.6. The van der Waals surface area contributed by atoms with Gasteiger partial charge in [0.25, 0.3) is 0 Å². The van der Waals surface area contributed by atoms with Crippen molar-refractivity contribution in [3.05, 3.63) is 104 Å². The van der Waals surface area contributed by atoms with Gasteiger partial charge in [-0.15, -0.1) is 34.0 Å². The molecule has 0 spiro atoms. The maximum absolute atomic E-state index is 14.1. The van der Waals surface area contributed by atoms with Crippen molar-refractivity contribution in [2.45, 2.75) is 216 Å². The van der Waals surface area contributed by atoms with Gasteiger partial charge in [0.05, 0.1) is 17.8 Å². The van der Waals surface area contributed by atoms with Gasteiger partial charge in [-0.25, -0.2) is 14.4 Å². The SMILES string of the molecule is CC(C)(C)OC(=O)[C@@H](Cc1cc2ccc(CN(Cc3ccc4cc(C[C@H](C(=O)OC(C)(C)C)[C@H]5CCN(C(=O)OC(C)(C)C)C5)sc4c3)Cc3ccc4cc(C[C@H](C(=O)OC(C)(C)C)[C@H]5CCN(C(=O)OC(C)(C)C)C5)sc4c3)cc2s1)[C@H]1CCN(C(=O)OC(C)(C)C)C1. The van der Waals surface area contributed by atoms with E-state index in [2.05, 4.69) is 77.7 Å². The van der Waals surface area contributed by atoms with Gasteiger partial charge >= 0.3 is 36.2 Å². The first-order valence-electron chi connectivity index (χ1n) is 33.5. The average Bonchev–Trinajstić information content (AvgIpc) is 1.66. The Morgan fingerprint density at radius 1 is 0.383 bits per heavy atom. The normalized spacial score (nSPS) is 18.7. The highest BCUT2D eigenvalue weighted by Gasteiger charge is 2.43. The third kappa shape index (κ3) is 20.4. The van der Waals surface area contributed by atoms with Crippen molar-refractivity contribution in [2.75, 3.05) is 39.3 Å². The molecule has 3 aromatic carbocycles. The molecule has 512 valence electrons. The number of benzene rings is 3. The highest BCUT2D eigenvalue weighted by Crippen LogP contribution is 2.40. The number of fused-ring (bicyclic) bond motifs is 3. The molecular weight excluding hydrogens is 1250 g/mol. The van der Waals surface area contributed by atoms with Crippen LogP contribution in [-0.4, -0.2) is 129 Å². The molecule has 6 atom stereocenters. The fourth-order valence-electron chi connectivity index (χ4n) is 12.9. The lowest BCUT2D eigenvalue weighted by molar-refractivity contribution is -0.163. The Bertz CT molecular complexity index is 3330. The highest BCUT2D eigenvalue weighted by molar-refractivity contribution is 7.19. The number of carbonyl (C=O) groups excluding carboxylic acids is 6. The maximum Gasteiger partial charge on any atom is 0.410 e. The number of hydrogen-bond acceptors (Lipinski definition) is 16. The average molecular weight is 1350 g/mol. The van der Waals surface area contributed by atoms with Gasteiger partial charge in [-0.1, -0.05) is 36.4 Å². The van der Waals surface area contributed by atoms with Crippen molar-refractivity contribution in [2.24, 2.45) is 35.5 Å². The Balaban J connectivity index is 0.989. The monoisotopic (exact) mass is 1350 g/mol. The van der Waals surface area contributed by atoms with Crippen LogP contribution in [0.1, 0.15) is 175 Å². The molecule has 0 aliphatic carbocycles. The van der Waals surface area contributed by atoms with E-state index in [1.165, 1.54) is 0 Å². The van der Waals surface area contributed by atoms with Crippen molar-refractivity contribution >= 4 is 100 Å². The summed E-state index contributed by atoms with van der Waals surface area (Å²) in [6.07, 6.45) is 2.41. The van der Waals surface area contributed by atoms with Crippen LogP contribution in [0.3, 0.4) is 0 Å². The molecular formula is C75H102N4O12S3. The second-order valence-electron chi connectivity index (χ2n) is 32.4. The van der Waals surface area contributed by atoms with Crippen LogP contribution >= 0.6 is 34.0 Å². The van der Waals surface area contributed by atoms with E-state index in [0.717, 1.165) is 61.6 Å². The van der Waals surface area contributed by atoms with E-state index in [1.54, 1.807) is 48.7 Å². The second kappa shape index (κ2) is 28.4. The Kier molecular flexibility index (Phi) is 21.8. The third-order valence-corrected chi connectivity index (χ3v) is 20.2. The van der Waals surface area contributed by atoms with Crippen molar-refractivity contribution in [3.8, 4) is 0 Å². The molecule has 0 bridgehead atoms. The van der Waals surface area contributed by atoms with Crippen molar-refractivity contribution in [1.82, 2.24) is 19.6 Å². The van der Waals surface area contributed by atoms with Crippen molar-refractivity contribution < 1.29 is 57.2 Å². The molecule has 94 heavy (non-hydrogen) atoms. The number of amides is 3. The zero-order valence-electron chi connectivity index (χ0n) is 58.9. The molecule has 6 aromatic rings. The topological polar surface area (TPSA) is 171 Å². The molecule has 0 radical (unpaired) electrons. The van der Waals surface area contributed by atoms with Gasteiger partial charge in [-0.3, -0.25) is 19.3 Å². The lowest BCUT2D eigenvalue weighted by atomic mass is 9.88. The molecule has 3 aliphatic heterocycles. The first-order chi connectivity index (χ1) is 43.6. The van der Waals surface area contributed by atoms with E-state index in [0.29, 0.717) is 97.4 Å². The molecule has 0 N–H and O–H groups in total. The van der Waals surface area contributed by atoms with Gasteiger partial charge in [-0.2, -0.15) is 0 Å². The molecule has 3 saturated heterocycles. The predicted octanol–water partition coefficient (Wildman–Crippen LogP) is 16.8. The molecule has 0 saturated carbocycles. The lowest BCUT2D eigenvalue weighted by Crippen LogP contribution is -2.38. The predicted molar refractivity (Wildman–Crippen MR) is 375 cm³/mol. The number of rotatable bonds is 18. The summed E-state index contributed by atoms with van der Waals surface area (Å²) in [6.45, 7) is 38.5. The number of nitrogens with zero attached hydrogens (tertiary/aromatic N) is 4. The Labute approximate surface area is 569 Å². The summed E-state index contributed by atoms with van der Waals surface area (Å²) in [5.41, 5.74) is -0.489. The molecule has 3 aromatic heterocycles. The number of hydrogen-bond donors (Lipinski definition) is 0. The molecule has 9 rings (SSSR count). The molecule has 0 unspecified atom stereocenters. The minimum Gasteiger partial charge on any atom is -0.460 e. The summed E-state index contributed by atoms with van der Waals surface area (Å²) >= 11 is 5.09. The van der Waals surface area contributed by atoms with Crippen molar-refractivity contribution in [1.29, 1.82) is 0 Å². The third-order valence-electron chi connectivity index (χ3n) is 16.9. The van der Waals surface area contributed by atoms with E-state index >= 15 is 0 Å². The van der Waals surface area contributed by atoms with E-state index in [9.17, 15) is 28.8 Å². The van der Waals surface area contributed by atoms with Gasteiger partial charge < -0.3 is 43.1 Å². The van der Waals surface area contributed by atoms with Crippen LogP contribution in [0.4, 0.5) is 14.4 Å². The molecule has 3 fully saturated rings. The number of ether oxygens (including phenoxy) is 6. The van der Waals surface area contributed by atoms with Crippen LogP contribution in [0.25, 0.3) is 30.3 Å². The number of carbonyl (C=O) groups is 6. The summed E-state index contributed by atoms with van der Waals surface area (Å²) in [5, 5.41) is 3.30. The molecule has 3 aliphatic rings. The van der Waals surface area contributed by atoms with Crippen LogP contribution < -0.4 is 0 Å². The van der Waals surface area contributed by atoms with Crippen molar-refractivity contribution in [3.63, 3.8) is 0 Å². The fraction of sp³-hybridized carbons (Fsp3) is 0.600. The Hall–Kier alpha value is -6.28. The molecule has 3 amide bonds. The van der Waals surface area contributed by atoms with Gasteiger partial charge in [0.2, 0.25) is 0 Å². The largest absolute Gasteiger partial charge is 0.460 e. The summed E-state index contributed by atoms with van der Waals surface area (Å²) in [4.78, 5) is 92.8. The zero-order valence-corrected chi connectivity index (χ0v) is 61.4. The van der Waals surface area contributed by atoms with Crippen LogP contribution in [0.5, 0.6) is 0 Å². The van der Waals surface area contributed by atoms with Gasteiger partial charge in [0, 0.05) is 87.6 Å².